The Balaban J connectivity index is 1.55. The van der Waals surface area contributed by atoms with Crippen LogP contribution in [0.4, 0.5) is 13.2 Å². The van der Waals surface area contributed by atoms with Crippen molar-refractivity contribution >= 4 is 27.7 Å². The van der Waals surface area contributed by atoms with Crippen molar-refractivity contribution in [3.05, 3.63) is 41.1 Å². The lowest BCUT2D eigenvalue weighted by atomic mass is 9.86. The van der Waals surface area contributed by atoms with E-state index in [9.17, 15) is 36.0 Å². The normalized spacial score (nSPS) is 19.5. The fourth-order valence-electron chi connectivity index (χ4n) is 6.41. The molecule has 10 nitrogen and oxygen atoms in total. The van der Waals surface area contributed by atoms with Crippen molar-refractivity contribution in [2.75, 3.05) is 19.6 Å². The van der Waals surface area contributed by atoms with Crippen molar-refractivity contribution in [2.45, 2.75) is 88.5 Å². The van der Waals surface area contributed by atoms with Crippen LogP contribution in [0.3, 0.4) is 0 Å². The number of carbonyl (C=O) groups excluding carboxylic acids is 3. The molecule has 2 saturated heterocycles. The minimum absolute atomic E-state index is 0.0302. The van der Waals surface area contributed by atoms with Gasteiger partial charge in [-0.25, -0.2) is 13.1 Å². The summed E-state index contributed by atoms with van der Waals surface area (Å²) < 4.78 is 73.2. The van der Waals surface area contributed by atoms with Gasteiger partial charge in [-0.1, -0.05) is 25.3 Å². The fourth-order valence-corrected chi connectivity index (χ4v) is 8.03. The Morgan fingerprint density at radius 3 is 2.34 bits per heavy atom. The molecule has 240 valence electrons. The lowest BCUT2D eigenvalue weighted by molar-refractivity contribution is -0.144. The third kappa shape index (κ3) is 6.23. The average molecular weight is 638 g/mol. The van der Waals surface area contributed by atoms with E-state index in [0.717, 1.165) is 44.2 Å². The Labute approximate surface area is 254 Å². The molecule has 14 heteroatoms. The second-order valence-corrected chi connectivity index (χ2v) is 14.8. The highest BCUT2D eigenvalue weighted by molar-refractivity contribution is 7.89. The summed E-state index contributed by atoms with van der Waals surface area (Å²) in [4.78, 5) is 38.6. The molecule has 3 amide bonds. The molecule has 0 unspecified atom stereocenters. The maximum Gasteiger partial charge on any atom is 0.417 e. The van der Waals surface area contributed by atoms with Crippen LogP contribution in [-0.4, -0.2) is 66.3 Å². The Morgan fingerprint density at radius 1 is 1.07 bits per heavy atom. The summed E-state index contributed by atoms with van der Waals surface area (Å²) in [5.41, 5.74) is -2.17. The van der Waals surface area contributed by atoms with Crippen molar-refractivity contribution in [1.29, 1.82) is 0 Å². The van der Waals surface area contributed by atoms with Crippen molar-refractivity contribution in [2.24, 2.45) is 5.92 Å². The number of rotatable bonds is 6. The second-order valence-electron chi connectivity index (χ2n) is 13.2. The highest BCUT2D eigenvalue weighted by atomic mass is 32.2. The Kier molecular flexibility index (Phi) is 8.15. The SMILES string of the molecule is Cc1c(C(=O)N2CC3(C2)NC(=O)CNC3=O)cc(-c2ccc(S(=O)(=O)NC(C)(C)C)c(C(F)(F)F)c2)n1CC1CCCCC1. The third-order valence-corrected chi connectivity index (χ3v) is 10.3. The molecule has 3 fully saturated rings. The number of hydrogen-bond donors (Lipinski definition) is 3. The van der Waals surface area contributed by atoms with Gasteiger partial charge in [0.1, 0.15) is 0 Å². The number of nitrogens with one attached hydrogen (secondary N) is 3. The van der Waals surface area contributed by atoms with Crippen molar-refractivity contribution in [3.8, 4) is 11.3 Å². The standard InChI is InChI=1S/C30H38F3N5O5S/c1-18-21(26(40)37-16-29(17-37)27(41)34-14-25(39)35-29)13-23(38(18)15-19-8-6-5-7-9-19)20-10-11-24(22(12-20)30(31,32)33)44(42,43)36-28(2,3)4/h10-13,19,36H,5-9,14-17H2,1-4H3,(H,34,41)(H,35,39). The summed E-state index contributed by atoms with van der Waals surface area (Å²) in [6.45, 7) is 6.66. The number of aromatic nitrogens is 1. The van der Waals surface area contributed by atoms with Crippen LogP contribution in [0.2, 0.25) is 0 Å². The van der Waals surface area contributed by atoms with E-state index in [-0.39, 0.29) is 48.5 Å². The maximum atomic E-state index is 14.4. The quantitative estimate of drug-likeness (QED) is 0.446. The van der Waals surface area contributed by atoms with Crippen molar-refractivity contribution < 1.29 is 36.0 Å². The van der Waals surface area contributed by atoms with Crippen LogP contribution in [0.15, 0.2) is 29.2 Å². The van der Waals surface area contributed by atoms with E-state index in [1.165, 1.54) is 11.0 Å². The predicted molar refractivity (Wildman–Crippen MR) is 156 cm³/mol. The Morgan fingerprint density at radius 2 is 1.73 bits per heavy atom. The largest absolute Gasteiger partial charge is 0.417 e. The molecular weight excluding hydrogens is 599 g/mol. The van der Waals surface area contributed by atoms with E-state index < -0.39 is 43.6 Å². The lowest BCUT2D eigenvalue weighted by Crippen LogP contribution is -2.80. The zero-order valence-electron chi connectivity index (χ0n) is 25.2. The van der Waals surface area contributed by atoms with Crippen molar-refractivity contribution in [1.82, 2.24) is 24.8 Å². The molecule has 3 aliphatic rings. The molecule has 0 radical (unpaired) electrons. The molecule has 5 rings (SSSR count). The zero-order valence-corrected chi connectivity index (χ0v) is 26.0. The van der Waals surface area contributed by atoms with Gasteiger partial charge in [0.2, 0.25) is 21.8 Å². The van der Waals surface area contributed by atoms with Gasteiger partial charge < -0.3 is 20.1 Å². The maximum absolute atomic E-state index is 14.4. The van der Waals surface area contributed by atoms with E-state index in [1.807, 2.05) is 4.57 Å². The second kappa shape index (κ2) is 11.2. The van der Waals surface area contributed by atoms with Gasteiger partial charge in [0.15, 0.2) is 5.54 Å². The van der Waals surface area contributed by atoms with E-state index >= 15 is 0 Å². The topological polar surface area (TPSA) is 130 Å². The lowest BCUT2D eigenvalue weighted by Gasteiger charge is -2.50. The van der Waals surface area contributed by atoms with Gasteiger partial charge >= 0.3 is 6.18 Å². The monoisotopic (exact) mass is 637 g/mol. The molecule has 3 N–H and O–H groups in total. The van der Waals surface area contributed by atoms with Gasteiger partial charge in [0, 0.05) is 23.5 Å². The van der Waals surface area contributed by atoms with E-state index in [1.54, 1.807) is 33.8 Å². The van der Waals surface area contributed by atoms with Gasteiger partial charge in [-0.05, 0) is 70.2 Å². The summed E-state index contributed by atoms with van der Waals surface area (Å²) >= 11 is 0. The Hall–Kier alpha value is -3.39. The van der Waals surface area contributed by atoms with Gasteiger partial charge in [0.05, 0.1) is 35.7 Å². The molecule has 1 saturated carbocycles. The number of hydrogen-bond acceptors (Lipinski definition) is 5. The van der Waals surface area contributed by atoms with Crippen molar-refractivity contribution in [3.63, 3.8) is 0 Å². The molecule has 1 aliphatic carbocycles. The molecule has 1 aromatic heterocycles. The van der Waals surface area contributed by atoms with Crippen LogP contribution < -0.4 is 15.4 Å². The van der Waals surface area contributed by atoms with Gasteiger partial charge in [0.25, 0.3) is 5.91 Å². The van der Waals surface area contributed by atoms with Crippen LogP contribution in [0.25, 0.3) is 11.3 Å². The van der Waals surface area contributed by atoms with Gasteiger partial charge in [-0.15, -0.1) is 0 Å². The minimum atomic E-state index is -4.97. The highest BCUT2D eigenvalue weighted by Gasteiger charge is 2.54. The fraction of sp³-hybridized carbons (Fsp3) is 0.567. The number of likely N-dealkylation sites (tertiary alicyclic amines) is 1. The molecule has 2 aromatic rings. The van der Waals surface area contributed by atoms with E-state index in [2.05, 4.69) is 15.4 Å². The summed E-state index contributed by atoms with van der Waals surface area (Å²) in [5.74, 6) is -0.863. The van der Waals surface area contributed by atoms with Crippen LogP contribution in [-0.2, 0) is 32.3 Å². The van der Waals surface area contributed by atoms with Gasteiger partial charge in [-0.3, -0.25) is 14.4 Å². The number of nitrogens with zero attached hydrogens (tertiary/aromatic N) is 2. The van der Waals surface area contributed by atoms with Gasteiger partial charge in [-0.2, -0.15) is 13.2 Å². The number of sulfonamides is 1. The van der Waals surface area contributed by atoms with Crippen LogP contribution >= 0.6 is 0 Å². The van der Waals surface area contributed by atoms with E-state index in [0.29, 0.717) is 17.9 Å². The van der Waals surface area contributed by atoms with Crippen LogP contribution in [0, 0.1) is 12.8 Å². The molecule has 44 heavy (non-hydrogen) atoms. The number of carbonyl (C=O) groups is 3. The van der Waals surface area contributed by atoms with Crippen LogP contribution in [0.5, 0.6) is 0 Å². The van der Waals surface area contributed by atoms with E-state index in [4.69, 9.17) is 0 Å². The first kappa shape index (κ1) is 32.0. The summed E-state index contributed by atoms with van der Waals surface area (Å²) in [7, 11) is -4.51. The predicted octanol–water partition coefficient (Wildman–Crippen LogP) is 3.58. The summed E-state index contributed by atoms with van der Waals surface area (Å²) in [6.07, 6.45) is 0.137. The van der Waals surface area contributed by atoms with Crippen LogP contribution in [0.1, 0.15) is 74.5 Å². The molecule has 1 spiro atoms. The first-order valence-electron chi connectivity index (χ1n) is 14.7. The first-order valence-corrected chi connectivity index (χ1v) is 16.2. The number of alkyl halides is 3. The molecule has 0 atom stereocenters. The summed E-state index contributed by atoms with van der Waals surface area (Å²) in [6, 6.07) is 4.68. The minimum Gasteiger partial charge on any atom is -0.345 e. The first-order chi connectivity index (χ1) is 20.4. The third-order valence-electron chi connectivity index (χ3n) is 8.50. The average Bonchev–Trinajstić information content (AvgIpc) is 3.22. The molecule has 3 heterocycles. The number of piperazine rings is 1. The number of amides is 3. The highest BCUT2D eigenvalue weighted by Crippen LogP contribution is 2.39. The smallest absolute Gasteiger partial charge is 0.345 e. The number of halogens is 3. The molecule has 1 aromatic carbocycles. The molecular formula is C30H38F3N5O5S. The molecule has 0 bridgehead atoms. The molecule has 2 aliphatic heterocycles. The summed E-state index contributed by atoms with van der Waals surface area (Å²) in [5, 5.41) is 5.20. The Bertz CT molecular complexity index is 1600. The zero-order chi connectivity index (χ0) is 32.2. The number of benzene rings is 1.